The van der Waals surface area contributed by atoms with Gasteiger partial charge in [-0.05, 0) is 54.1 Å². The second-order valence-corrected chi connectivity index (χ2v) is 9.76. The number of carbonyl (C=O) groups excluding carboxylic acids is 1. The second-order valence-electron chi connectivity index (χ2n) is 8.03. The van der Waals surface area contributed by atoms with Crippen LogP contribution in [0.1, 0.15) is 27.3 Å². The van der Waals surface area contributed by atoms with Crippen molar-refractivity contribution in [1.29, 1.82) is 0 Å². The van der Waals surface area contributed by atoms with Gasteiger partial charge in [-0.15, -0.1) is 0 Å². The summed E-state index contributed by atoms with van der Waals surface area (Å²) in [4.78, 5) is 17.9. The van der Waals surface area contributed by atoms with E-state index in [1.807, 2.05) is 48.5 Å². The topological polar surface area (TPSA) is 44.1 Å². The number of rotatable bonds is 6. The van der Waals surface area contributed by atoms with E-state index in [0.717, 1.165) is 21.1 Å². The van der Waals surface area contributed by atoms with Crippen molar-refractivity contribution in [3.05, 3.63) is 134 Å². The normalized spacial score (nSPS) is 11.6. The van der Waals surface area contributed by atoms with Crippen molar-refractivity contribution in [3.8, 4) is 0 Å². The van der Waals surface area contributed by atoms with E-state index >= 15 is 0 Å². The lowest BCUT2D eigenvalue weighted by atomic mass is 10.1. The molecule has 1 aromatic heterocycles. The number of imidazole rings is 1. The van der Waals surface area contributed by atoms with Gasteiger partial charge >= 0.3 is 5.97 Å². The first-order valence-electron chi connectivity index (χ1n) is 11.1. The van der Waals surface area contributed by atoms with E-state index in [9.17, 15) is 4.79 Å². The number of esters is 1. The first-order valence-corrected chi connectivity index (χ1v) is 12.7. The molecule has 0 aliphatic heterocycles. The number of benzene rings is 4. The van der Waals surface area contributed by atoms with Crippen LogP contribution in [-0.2, 0) is 11.3 Å². The van der Waals surface area contributed by atoms with Gasteiger partial charge in [0.25, 0.3) is 0 Å². The maximum atomic E-state index is 13.1. The van der Waals surface area contributed by atoms with Crippen LogP contribution in [0, 0.1) is 0 Å². The highest BCUT2D eigenvalue weighted by atomic mass is 79.9. The molecular weight excluding hydrogens is 559 g/mol. The number of fused-ring (bicyclic) bond motifs is 1. The molecule has 7 heteroatoms. The molecule has 0 fully saturated rings. The van der Waals surface area contributed by atoms with Crippen LogP contribution in [0.25, 0.3) is 22.9 Å². The minimum absolute atomic E-state index is 0.264. The third-order valence-corrected chi connectivity index (χ3v) is 6.82. The Balaban J connectivity index is 1.63. The van der Waals surface area contributed by atoms with E-state index in [1.165, 1.54) is 0 Å². The smallest absolute Gasteiger partial charge is 0.345 e. The summed E-state index contributed by atoms with van der Waals surface area (Å²) in [6.07, 6.45) is 1.74. The Labute approximate surface area is 226 Å². The van der Waals surface area contributed by atoms with Crippen molar-refractivity contribution < 1.29 is 9.53 Å². The van der Waals surface area contributed by atoms with E-state index in [-0.39, 0.29) is 11.3 Å². The zero-order valence-electron chi connectivity index (χ0n) is 18.9. The third kappa shape index (κ3) is 5.24. The summed E-state index contributed by atoms with van der Waals surface area (Å²) in [5.41, 5.74) is 3.73. The minimum atomic E-state index is -0.581. The van der Waals surface area contributed by atoms with Gasteiger partial charge in [-0.25, -0.2) is 9.78 Å². The van der Waals surface area contributed by atoms with Crippen LogP contribution in [0.5, 0.6) is 0 Å². The second kappa shape index (κ2) is 10.7. The highest BCUT2D eigenvalue weighted by molar-refractivity contribution is 9.10. The molecule has 5 rings (SSSR count). The molecular formula is C29H19BrCl2N2O2. The van der Waals surface area contributed by atoms with Gasteiger partial charge in [-0.3, -0.25) is 0 Å². The quantitative estimate of drug-likeness (QED) is 0.150. The molecule has 0 unspecified atom stereocenters. The Bertz CT molecular complexity index is 1590. The van der Waals surface area contributed by atoms with Crippen LogP contribution in [-0.4, -0.2) is 15.5 Å². The minimum Gasteiger partial charge on any atom is -0.422 e. The number of carbonyl (C=O) groups is 1. The van der Waals surface area contributed by atoms with Crippen LogP contribution >= 0.6 is 39.1 Å². The maximum Gasteiger partial charge on any atom is 0.345 e. The molecule has 0 amide bonds. The fraction of sp³-hybridized carbons (Fsp3) is 0.0345. The Morgan fingerprint density at radius 3 is 2.14 bits per heavy atom. The zero-order valence-corrected chi connectivity index (χ0v) is 22.0. The van der Waals surface area contributed by atoms with Gasteiger partial charge in [0.2, 0.25) is 0 Å². The van der Waals surface area contributed by atoms with Gasteiger partial charge in [0.1, 0.15) is 11.6 Å². The predicted molar refractivity (Wildman–Crippen MR) is 149 cm³/mol. The third-order valence-electron chi connectivity index (χ3n) is 5.63. The van der Waals surface area contributed by atoms with Gasteiger partial charge in [0.15, 0.2) is 0 Å². The lowest BCUT2D eigenvalue weighted by molar-refractivity contribution is 0.0694. The highest BCUT2D eigenvalue weighted by Gasteiger charge is 2.19. The van der Waals surface area contributed by atoms with E-state index in [0.29, 0.717) is 28.0 Å². The number of ether oxygens (including phenoxy) is 1. The molecule has 1 heterocycles. The molecule has 0 aliphatic carbocycles. The van der Waals surface area contributed by atoms with Crippen LogP contribution in [0.4, 0.5) is 0 Å². The van der Waals surface area contributed by atoms with E-state index < -0.39 is 5.97 Å². The molecule has 0 bridgehead atoms. The first kappa shape index (κ1) is 24.3. The van der Waals surface area contributed by atoms with Gasteiger partial charge in [-0.1, -0.05) is 87.7 Å². The molecule has 4 aromatic carbocycles. The molecule has 0 spiro atoms. The zero-order chi connectivity index (χ0) is 25.1. The average molecular weight is 578 g/mol. The molecule has 0 atom stereocenters. The summed E-state index contributed by atoms with van der Waals surface area (Å²) in [7, 11) is 0. The molecule has 178 valence electrons. The Morgan fingerprint density at radius 1 is 0.833 bits per heavy atom. The molecule has 0 saturated carbocycles. The van der Waals surface area contributed by atoms with Crippen molar-refractivity contribution >= 4 is 68.0 Å². The summed E-state index contributed by atoms with van der Waals surface area (Å²) < 4.78 is 8.99. The fourth-order valence-corrected chi connectivity index (χ4v) is 4.57. The lowest BCUT2D eigenvalue weighted by Crippen LogP contribution is -2.07. The number of halogens is 3. The van der Waals surface area contributed by atoms with E-state index in [4.69, 9.17) is 32.9 Å². The molecule has 5 aromatic rings. The largest absolute Gasteiger partial charge is 0.422 e. The Kier molecular flexibility index (Phi) is 7.23. The maximum absolute atomic E-state index is 13.1. The van der Waals surface area contributed by atoms with Gasteiger partial charge in [0, 0.05) is 22.7 Å². The predicted octanol–water partition coefficient (Wildman–Crippen LogP) is 8.51. The first-order chi connectivity index (χ1) is 17.5. The molecule has 36 heavy (non-hydrogen) atoms. The number of hydrogen-bond acceptors (Lipinski definition) is 3. The Hall–Kier alpha value is -3.38. The summed E-state index contributed by atoms with van der Waals surface area (Å²) >= 11 is 16.3. The number of aromatic nitrogens is 2. The van der Waals surface area contributed by atoms with Crippen molar-refractivity contribution in [2.24, 2.45) is 0 Å². The van der Waals surface area contributed by atoms with Gasteiger partial charge in [0.05, 0.1) is 26.6 Å². The molecule has 0 N–H and O–H groups in total. The van der Waals surface area contributed by atoms with E-state index in [1.54, 1.807) is 42.5 Å². The van der Waals surface area contributed by atoms with E-state index in [2.05, 4.69) is 32.6 Å². The highest BCUT2D eigenvalue weighted by Crippen LogP contribution is 2.30. The van der Waals surface area contributed by atoms with Crippen LogP contribution < -0.4 is 0 Å². The van der Waals surface area contributed by atoms with Gasteiger partial charge in [-0.2, -0.15) is 0 Å². The van der Waals surface area contributed by atoms with Crippen molar-refractivity contribution in [2.45, 2.75) is 6.54 Å². The molecule has 0 aliphatic rings. The summed E-state index contributed by atoms with van der Waals surface area (Å²) in [5.74, 6) is 0.321. The standard InChI is InChI=1S/C29H19BrCl2N2O2/c30-20-15-13-19(14-16-20)18-34-26-12-6-5-11-25(26)33-28(34)17-27(21-7-1-3-9-23(21)31)36-29(35)22-8-2-4-10-24(22)32/h1-17H,18H2. The van der Waals surface area contributed by atoms with Crippen molar-refractivity contribution in [1.82, 2.24) is 9.55 Å². The van der Waals surface area contributed by atoms with Crippen molar-refractivity contribution in [3.63, 3.8) is 0 Å². The van der Waals surface area contributed by atoms with Crippen LogP contribution in [0.3, 0.4) is 0 Å². The van der Waals surface area contributed by atoms with Crippen LogP contribution in [0.2, 0.25) is 10.0 Å². The number of hydrogen-bond donors (Lipinski definition) is 0. The Morgan fingerprint density at radius 2 is 1.44 bits per heavy atom. The van der Waals surface area contributed by atoms with Crippen LogP contribution in [0.15, 0.2) is 102 Å². The summed E-state index contributed by atoms with van der Waals surface area (Å²) in [6.45, 7) is 0.577. The number of para-hydroxylation sites is 2. The van der Waals surface area contributed by atoms with Gasteiger partial charge < -0.3 is 9.30 Å². The molecule has 4 nitrogen and oxygen atoms in total. The number of nitrogens with zero attached hydrogens (tertiary/aromatic N) is 2. The summed E-state index contributed by atoms with van der Waals surface area (Å²) in [5, 5.41) is 0.759. The van der Waals surface area contributed by atoms with Crippen molar-refractivity contribution in [2.75, 3.05) is 0 Å². The summed E-state index contributed by atoms with van der Waals surface area (Å²) in [6, 6.07) is 30.0. The molecule has 0 saturated heterocycles. The fourth-order valence-electron chi connectivity index (χ4n) is 3.86. The molecule has 0 radical (unpaired) electrons. The average Bonchev–Trinajstić information content (AvgIpc) is 3.22. The lowest BCUT2D eigenvalue weighted by Gasteiger charge is -2.13. The SMILES string of the molecule is O=C(OC(=Cc1nc2ccccc2n1Cc1ccc(Br)cc1)c1ccccc1Cl)c1ccccc1Cl. The monoisotopic (exact) mass is 576 g/mol.